The number of hydrazone groups is 1. The monoisotopic (exact) mass is 478 g/mol. The molecule has 6 nitrogen and oxygen atoms in total. The molecule has 0 saturated carbocycles. The maximum absolute atomic E-state index is 13.2. The Morgan fingerprint density at radius 3 is 2.36 bits per heavy atom. The predicted molar refractivity (Wildman–Crippen MR) is 139 cm³/mol. The molecule has 6 heteroatoms. The van der Waals surface area contributed by atoms with Crippen LogP contribution in [0.3, 0.4) is 0 Å². The van der Waals surface area contributed by atoms with Crippen molar-refractivity contribution in [1.82, 2.24) is 5.01 Å². The van der Waals surface area contributed by atoms with E-state index in [2.05, 4.69) is 24.3 Å². The van der Waals surface area contributed by atoms with Gasteiger partial charge in [-0.2, -0.15) is 5.10 Å². The van der Waals surface area contributed by atoms with Gasteiger partial charge in [-0.3, -0.25) is 4.79 Å². The van der Waals surface area contributed by atoms with Gasteiger partial charge in [0.25, 0.3) is 5.91 Å². The Bertz CT molecular complexity index is 1410. The summed E-state index contributed by atoms with van der Waals surface area (Å²) < 4.78 is 10.7. The summed E-state index contributed by atoms with van der Waals surface area (Å²) in [6, 6.07) is 30.5. The van der Waals surface area contributed by atoms with Crippen molar-refractivity contribution in [2.45, 2.75) is 19.4 Å². The van der Waals surface area contributed by atoms with E-state index in [9.17, 15) is 9.59 Å². The minimum atomic E-state index is -0.569. The lowest BCUT2D eigenvalue weighted by Gasteiger charge is -2.21. The van der Waals surface area contributed by atoms with E-state index in [1.165, 1.54) is 5.01 Å². The van der Waals surface area contributed by atoms with E-state index in [4.69, 9.17) is 14.6 Å². The standard InChI is InChI=1S/C30H26N2O4/c1-2-35-26-16-14-23(15-17-26)30(34)36-20-29(33)32-28(22-9-4-3-5-10-22)19-27(31-32)25-13-12-21-8-6-7-11-24(21)18-25/h3-18,28H,2,19-20H2,1H3. The molecule has 1 aliphatic heterocycles. The zero-order chi connectivity index (χ0) is 24.9. The van der Waals surface area contributed by atoms with Crippen LogP contribution in [0.2, 0.25) is 0 Å². The molecule has 1 unspecified atom stereocenters. The SMILES string of the molecule is CCOc1ccc(C(=O)OCC(=O)N2N=C(c3ccc4ccccc4c3)CC2c2ccccc2)cc1. The van der Waals surface area contributed by atoms with E-state index in [-0.39, 0.29) is 11.9 Å². The third kappa shape index (κ3) is 4.98. The average molecular weight is 479 g/mol. The molecule has 4 aromatic rings. The molecule has 1 amide bonds. The van der Waals surface area contributed by atoms with Gasteiger partial charge < -0.3 is 9.47 Å². The second kappa shape index (κ2) is 10.4. The van der Waals surface area contributed by atoms with Crippen LogP contribution < -0.4 is 4.74 Å². The van der Waals surface area contributed by atoms with Crippen molar-refractivity contribution in [1.29, 1.82) is 0 Å². The number of hydrogen-bond acceptors (Lipinski definition) is 5. The Kier molecular flexibility index (Phi) is 6.76. The topological polar surface area (TPSA) is 68.2 Å². The minimum absolute atomic E-state index is 0.274. The molecule has 4 aromatic carbocycles. The summed E-state index contributed by atoms with van der Waals surface area (Å²) in [7, 11) is 0. The molecule has 1 aliphatic rings. The number of hydrogen-bond donors (Lipinski definition) is 0. The molecule has 1 heterocycles. The fourth-order valence-electron chi connectivity index (χ4n) is 4.35. The maximum Gasteiger partial charge on any atom is 0.338 e. The van der Waals surface area contributed by atoms with Crippen molar-refractivity contribution < 1.29 is 19.1 Å². The zero-order valence-electron chi connectivity index (χ0n) is 20.0. The first kappa shape index (κ1) is 23.3. The highest BCUT2D eigenvalue weighted by Crippen LogP contribution is 2.33. The number of benzene rings is 4. The summed E-state index contributed by atoms with van der Waals surface area (Å²) in [5.74, 6) is -0.275. The summed E-state index contributed by atoms with van der Waals surface area (Å²) in [6.45, 7) is 2.03. The minimum Gasteiger partial charge on any atom is -0.494 e. The van der Waals surface area contributed by atoms with Crippen LogP contribution in [-0.4, -0.2) is 35.8 Å². The van der Waals surface area contributed by atoms with Gasteiger partial charge in [0.2, 0.25) is 0 Å². The first-order valence-electron chi connectivity index (χ1n) is 12.0. The van der Waals surface area contributed by atoms with Gasteiger partial charge in [0, 0.05) is 6.42 Å². The molecule has 0 fully saturated rings. The second-order valence-electron chi connectivity index (χ2n) is 8.51. The van der Waals surface area contributed by atoms with E-state index in [0.29, 0.717) is 24.3 Å². The number of carbonyl (C=O) groups excluding carboxylic acids is 2. The number of amides is 1. The van der Waals surface area contributed by atoms with Gasteiger partial charge in [-0.05, 0) is 59.2 Å². The summed E-state index contributed by atoms with van der Waals surface area (Å²) >= 11 is 0. The van der Waals surface area contributed by atoms with E-state index in [0.717, 1.165) is 27.6 Å². The summed E-state index contributed by atoms with van der Waals surface area (Å²) in [5, 5.41) is 8.41. The molecule has 180 valence electrons. The van der Waals surface area contributed by atoms with Gasteiger partial charge in [0.1, 0.15) is 5.75 Å². The van der Waals surface area contributed by atoms with E-state index in [1.807, 2.05) is 55.5 Å². The molecule has 36 heavy (non-hydrogen) atoms. The lowest BCUT2D eigenvalue weighted by atomic mass is 9.97. The maximum atomic E-state index is 13.2. The van der Waals surface area contributed by atoms with Gasteiger partial charge >= 0.3 is 5.97 Å². The quantitative estimate of drug-likeness (QED) is 0.316. The van der Waals surface area contributed by atoms with Gasteiger partial charge in [-0.1, -0.05) is 66.7 Å². The zero-order valence-corrected chi connectivity index (χ0v) is 20.0. The van der Waals surface area contributed by atoms with Crippen LogP contribution in [0.1, 0.15) is 40.9 Å². The van der Waals surface area contributed by atoms with Crippen molar-refractivity contribution in [3.63, 3.8) is 0 Å². The smallest absolute Gasteiger partial charge is 0.338 e. The highest BCUT2D eigenvalue weighted by Gasteiger charge is 2.33. The van der Waals surface area contributed by atoms with Gasteiger partial charge in [0.05, 0.1) is 23.9 Å². The third-order valence-corrected chi connectivity index (χ3v) is 6.16. The molecule has 0 radical (unpaired) electrons. The Balaban J connectivity index is 1.35. The molecular weight excluding hydrogens is 452 g/mol. The fraction of sp³-hybridized carbons (Fsp3) is 0.167. The number of rotatable bonds is 7. The molecule has 5 rings (SSSR count). The number of carbonyl (C=O) groups is 2. The third-order valence-electron chi connectivity index (χ3n) is 6.16. The van der Waals surface area contributed by atoms with Crippen LogP contribution in [0.4, 0.5) is 0 Å². The van der Waals surface area contributed by atoms with Crippen LogP contribution >= 0.6 is 0 Å². The van der Waals surface area contributed by atoms with Crippen molar-refractivity contribution in [2.75, 3.05) is 13.2 Å². The molecule has 0 spiro atoms. The van der Waals surface area contributed by atoms with E-state index < -0.39 is 12.6 Å². The lowest BCUT2D eigenvalue weighted by Crippen LogP contribution is -2.31. The number of esters is 1. The normalized spacial score (nSPS) is 15.0. The molecule has 0 aromatic heterocycles. The fourth-order valence-corrected chi connectivity index (χ4v) is 4.35. The molecule has 0 bridgehead atoms. The van der Waals surface area contributed by atoms with Gasteiger partial charge in [-0.25, -0.2) is 9.80 Å². The van der Waals surface area contributed by atoms with Crippen molar-refractivity contribution >= 4 is 28.4 Å². The van der Waals surface area contributed by atoms with E-state index in [1.54, 1.807) is 24.3 Å². The Hall–Kier alpha value is -4.45. The molecule has 0 N–H and O–H groups in total. The van der Waals surface area contributed by atoms with Crippen molar-refractivity contribution in [2.24, 2.45) is 5.10 Å². The summed E-state index contributed by atoms with van der Waals surface area (Å²) in [4.78, 5) is 25.7. The first-order chi connectivity index (χ1) is 17.6. The van der Waals surface area contributed by atoms with Crippen LogP contribution in [0.25, 0.3) is 10.8 Å². The molecule has 1 atom stereocenters. The second-order valence-corrected chi connectivity index (χ2v) is 8.51. The lowest BCUT2D eigenvalue weighted by molar-refractivity contribution is -0.136. The Morgan fingerprint density at radius 1 is 0.889 bits per heavy atom. The Morgan fingerprint density at radius 2 is 1.61 bits per heavy atom. The van der Waals surface area contributed by atoms with Crippen molar-refractivity contribution in [3.8, 4) is 5.75 Å². The van der Waals surface area contributed by atoms with E-state index >= 15 is 0 Å². The van der Waals surface area contributed by atoms with Crippen LogP contribution in [0.15, 0.2) is 102 Å². The number of nitrogens with zero attached hydrogens (tertiary/aromatic N) is 2. The molecule has 0 aliphatic carbocycles. The highest BCUT2D eigenvalue weighted by molar-refractivity contribution is 6.05. The van der Waals surface area contributed by atoms with Gasteiger partial charge in [-0.15, -0.1) is 0 Å². The van der Waals surface area contributed by atoms with Crippen LogP contribution in [-0.2, 0) is 9.53 Å². The van der Waals surface area contributed by atoms with Gasteiger partial charge in [0.15, 0.2) is 6.61 Å². The average Bonchev–Trinajstić information content (AvgIpc) is 3.38. The van der Waals surface area contributed by atoms with Crippen molar-refractivity contribution in [3.05, 3.63) is 114 Å². The van der Waals surface area contributed by atoms with Crippen LogP contribution in [0, 0.1) is 0 Å². The summed E-state index contributed by atoms with van der Waals surface area (Å²) in [5.41, 5.74) is 3.12. The summed E-state index contributed by atoms with van der Waals surface area (Å²) in [6.07, 6.45) is 0.570. The number of fused-ring (bicyclic) bond motifs is 1. The predicted octanol–water partition coefficient (Wildman–Crippen LogP) is 5.77. The number of ether oxygens (including phenoxy) is 2. The first-order valence-corrected chi connectivity index (χ1v) is 12.0. The van der Waals surface area contributed by atoms with Crippen LogP contribution in [0.5, 0.6) is 5.75 Å². The molecule has 0 saturated heterocycles. The Labute approximate surface area is 209 Å². The highest BCUT2D eigenvalue weighted by atomic mass is 16.5. The molecular formula is C30H26N2O4. The largest absolute Gasteiger partial charge is 0.494 e.